The number of ether oxygens (including phenoxy) is 2. The highest BCUT2D eigenvalue weighted by Crippen LogP contribution is 2.50. The Morgan fingerprint density at radius 3 is 2.64 bits per heavy atom. The molecule has 1 saturated heterocycles. The Morgan fingerprint density at radius 2 is 1.95 bits per heavy atom. The smallest absolute Gasteiger partial charge is 0.292 e. The summed E-state index contributed by atoms with van der Waals surface area (Å²) in [4.78, 5) is 14.6. The number of benzene rings is 1. The summed E-state index contributed by atoms with van der Waals surface area (Å²) in [6.45, 7) is 3.70. The van der Waals surface area contributed by atoms with Crippen molar-refractivity contribution in [2.75, 3.05) is 24.7 Å². The van der Waals surface area contributed by atoms with Gasteiger partial charge in [-0.25, -0.2) is 0 Å². The molecule has 1 fully saturated rings. The van der Waals surface area contributed by atoms with Gasteiger partial charge in [0.2, 0.25) is 0 Å². The second-order valence-corrected chi connectivity index (χ2v) is 6.37. The van der Waals surface area contributed by atoms with Gasteiger partial charge in [0.05, 0.1) is 28.9 Å². The van der Waals surface area contributed by atoms with Crippen molar-refractivity contribution in [1.82, 2.24) is 0 Å². The van der Waals surface area contributed by atoms with Crippen molar-refractivity contribution in [3.8, 4) is 0 Å². The fourth-order valence-electron chi connectivity index (χ4n) is 3.01. The number of hydrogen-bond donors (Lipinski definition) is 0. The van der Waals surface area contributed by atoms with Crippen LogP contribution in [-0.4, -0.2) is 25.7 Å². The van der Waals surface area contributed by atoms with Gasteiger partial charge in [0, 0.05) is 12.1 Å². The van der Waals surface area contributed by atoms with Crippen molar-refractivity contribution in [1.29, 1.82) is 0 Å². The first-order chi connectivity index (χ1) is 10.6. The van der Waals surface area contributed by atoms with Crippen LogP contribution in [0.3, 0.4) is 0 Å². The van der Waals surface area contributed by atoms with E-state index in [-0.39, 0.29) is 5.91 Å². The third-order valence-electron chi connectivity index (χ3n) is 4.10. The van der Waals surface area contributed by atoms with Crippen LogP contribution in [0.25, 0.3) is 0 Å². The van der Waals surface area contributed by atoms with Crippen molar-refractivity contribution in [2.24, 2.45) is 0 Å². The minimum atomic E-state index is -1.34. The molecule has 2 aliphatic heterocycles. The van der Waals surface area contributed by atoms with Crippen LogP contribution in [0.2, 0.25) is 10.0 Å². The van der Waals surface area contributed by atoms with Gasteiger partial charge in [-0.3, -0.25) is 4.79 Å². The lowest BCUT2D eigenvalue weighted by atomic mass is 10.1. The predicted octanol–water partition coefficient (Wildman–Crippen LogP) is 4.12. The number of carbonyl (C=O) groups is 1. The quantitative estimate of drug-likeness (QED) is 0.772. The van der Waals surface area contributed by atoms with Crippen LogP contribution < -0.4 is 4.90 Å². The molecule has 0 atom stereocenters. The van der Waals surface area contributed by atoms with Crippen molar-refractivity contribution in [2.45, 2.75) is 38.4 Å². The molecule has 0 N–H and O–H groups in total. The van der Waals surface area contributed by atoms with Crippen LogP contribution in [0.1, 0.15) is 38.2 Å². The molecular formula is C16H19Cl2NO3. The van der Waals surface area contributed by atoms with E-state index in [4.69, 9.17) is 32.7 Å². The van der Waals surface area contributed by atoms with E-state index < -0.39 is 5.79 Å². The number of amides is 1. The second kappa shape index (κ2) is 6.36. The van der Waals surface area contributed by atoms with E-state index in [2.05, 4.69) is 6.92 Å². The molecule has 2 aliphatic rings. The average Bonchev–Trinajstić information content (AvgIpc) is 2.75. The molecule has 1 aromatic rings. The Kier molecular flexibility index (Phi) is 4.64. The van der Waals surface area contributed by atoms with Crippen molar-refractivity contribution in [3.63, 3.8) is 0 Å². The zero-order valence-corrected chi connectivity index (χ0v) is 14.0. The number of halogens is 2. The summed E-state index contributed by atoms with van der Waals surface area (Å²) in [5.74, 6) is -1.53. The summed E-state index contributed by atoms with van der Waals surface area (Å²) < 4.78 is 11.6. The fraction of sp³-hybridized carbons (Fsp3) is 0.562. The summed E-state index contributed by atoms with van der Waals surface area (Å²) >= 11 is 12.5. The van der Waals surface area contributed by atoms with E-state index in [9.17, 15) is 4.79 Å². The number of anilines is 1. The predicted molar refractivity (Wildman–Crippen MR) is 86.5 cm³/mol. The lowest BCUT2D eigenvalue weighted by Crippen LogP contribution is -2.47. The summed E-state index contributed by atoms with van der Waals surface area (Å²) in [6, 6.07) is 3.47. The Labute approximate surface area is 140 Å². The molecule has 0 unspecified atom stereocenters. The van der Waals surface area contributed by atoms with E-state index >= 15 is 0 Å². The maximum Gasteiger partial charge on any atom is 0.292 e. The number of unbranched alkanes of at least 4 members (excludes halogenated alkanes) is 2. The van der Waals surface area contributed by atoms with Crippen LogP contribution in [0.5, 0.6) is 0 Å². The largest absolute Gasteiger partial charge is 0.338 e. The van der Waals surface area contributed by atoms with E-state index in [1.54, 1.807) is 17.0 Å². The summed E-state index contributed by atoms with van der Waals surface area (Å²) in [6.07, 6.45) is 3.81. The first-order valence-corrected chi connectivity index (χ1v) is 8.45. The third-order valence-corrected chi connectivity index (χ3v) is 4.90. The molecule has 6 heteroatoms. The van der Waals surface area contributed by atoms with Gasteiger partial charge in [-0.15, -0.1) is 0 Å². The molecule has 3 rings (SSSR count). The topological polar surface area (TPSA) is 38.8 Å². The monoisotopic (exact) mass is 343 g/mol. The molecule has 2 heterocycles. The van der Waals surface area contributed by atoms with Gasteiger partial charge in [0.15, 0.2) is 0 Å². The number of hydrogen-bond acceptors (Lipinski definition) is 3. The molecule has 4 nitrogen and oxygen atoms in total. The third kappa shape index (κ3) is 2.42. The van der Waals surface area contributed by atoms with E-state index in [1.165, 1.54) is 0 Å². The SMILES string of the molecule is CCCCCN1C(=O)C2(OCCCO2)c2ccc(Cl)c(Cl)c21. The van der Waals surface area contributed by atoms with Crippen LogP contribution in [-0.2, 0) is 20.1 Å². The van der Waals surface area contributed by atoms with Gasteiger partial charge in [-0.1, -0.05) is 43.0 Å². The van der Waals surface area contributed by atoms with Gasteiger partial charge in [-0.2, -0.15) is 0 Å². The summed E-state index contributed by atoms with van der Waals surface area (Å²) in [5, 5.41) is 0.820. The lowest BCUT2D eigenvalue weighted by Gasteiger charge is -2.32. The van der Waals surface area contributed by atoms with E-state index in [0.717, 1.165) is 25.7 Å². The maximum absolute atomic E-state index is 13.0. The molecular weight excluding hydrogens is 325 g/mol. The summed E-state index contributed by atoms with van der Waals surface area (Å²) in [7, 11) is 0. The van der Waals surface area contributed by atoms with Gasteiger partial charge in [0.1, 0.15) is 0 Å². The molecule has 0 radical (unpaired) electrons. The number of fused-ring (bicyclic) bond motifs is 2. The molecule has 0 saturated carbocycles. The minimum absolute atomic E-state index is 0.192. The Morgan fingerprint density at radius 1 is 1.23 bits per heavy atom. The first kappa shape index (κ1) is 16.1. The Hall–Kier alpha value is -0.810. The van der Waals surface area contributed by atoms with Crippen LogP contribution in [0.15, 0.2) is 12.1 Å². The van der Waals surface area contributed by atoms with Crippen LogP contribution >= 0.6 is 23.2 Å². The zero-order valence-electron chi connectivity index (χ0n) is 12.5. The Balaban J connectivity index is 2.04. The summed E-state index contributed by atoms with van der Waals surface area (Å²) in [5.41, 5.74) is 1.31. The van der Waals surface area contributed by atoms with Crippen LogP contribution in [0.4, 0.5) is 5.69 Å². The standard InChI is InChI=1S/C16H19Cl2NO3/c1-2-3-4-8-19-14-11(6-7-12(17)13(14)18)16(15(19)20)21-9-5-10-22-16/h6-7H,2-5,8-10H2,1H3. The van der Waals surface area contributed by atoms with E-state index in [0.29, 0.717) is 41.1 Å². The first-order valence-electron chi connectivity index (χ1n) is 7.70. The number of rotatable bonds is 4. The maximum atomic E-state index is 13.0. The van der Waals surface area contributed by atoms with Crippen LogP contribution in [0, 0.1) is 0 Å². The fourth-order valence-corrected chi connectivity index (χ4v) is 3.43. The van der Waals surface area contributed by atoms with Crippen molar-refractivity contribution < 1.29 is 14.3 Å². The molecule has 1 amide bonds. The molecule has 1 spiro atoms. The number of nitrogens with zero attached hydrogens (tertiary/aromatic N) is 1. The molecule has 22 heavy (non-hydrogen) atoms. The van der Waals surface area contributed by atoms with E-state index in [1.807, 2.05) is 0 Å². The zero-order chi connectivity index (χ0) is 15.7. The number of carbonyl (C=O) groups excluding carboxylic acids is 1. The van der Waals surface area contributed by atoms with Crippen molar-refractivity contribution >= 4 is 34.8 Å². The highest BCUT2D eigenvalue weighted by atomic mass is 35.5. The molecule has 0 bridgehead atoms. The highest BCUT2D eigenvalue weighted by molar-refractivity contribution is 6.44. The van der Waals surface area contributed by atoms with Crippen molar-refractivity contribution in [3.05, 3.63) is 27.7 Å². The highest BCUT2D eigenvalue weighted by Gasteiger charge is 2.55. The van der Waals surface area contributed by atoms with Gasteiger partial charge in [0.25, 0.3) is 11.7 Å². The Bertz CT molecular complexity index is 585. The minimum Gasteiger partial charge on any atom is -0.338 e. The van der Waals surface area contributed by atoms with Gasteiger partial charge >= 0.3 is 0 Å². The average molecular weight is 344 g/mol. The van der Waals surface area contributed by atoms with Gasteiger partial charge < -0.3 is 14.4 Å². The molecule has 0 aromatic heterocycles. The van der Waals surface area contributed by atoms with Gasteiger partial charge in [-0.05, 0) is 25.0 Å². The lowest BCUT2D eigenvalue weighted by molar-refractivity contribution is -0.256. The molecule has 0 aliphatic carbocycles. The molecule has 1 aromatic carbocycles. The normalized spacial score (nSPS) is 19.8. The molecule has 120 valence electrons. The second-order valence-electron chi connectivity index (χ2n) is 5.59.